The van der Waals surface area contributed by atoms with E-state index < -0.39 is 0 Å². The Balaban J connectivity index is 1.31. The molecular formula is C27H28N6. The van der Waals surface area contributed by atoms with Crippen molar-refractivity contribution >= 4 is 33.4 Å². The van der Waals surface area contributed by atoms with Crippen LogP contribution in [-0.2, 0) is 0 Å². The van der Waals surface area contributed by atoms with E-state index in [4.69, 9.17) is 9.97 Å². The van der Waals surface area contributed by atoms with Crippen molar-refractivity contribution in [3.8, 4) is 22.8 Å². The number of fused-ring (bicyclic) bond motifs is 2. The molecule has 1 aliphatic rings. The number of rotatable bonds is 4. The molecule has 0 bridgehead atoms. The Morgan fingerprint density at radius 2 is 1.30 bits per heavy atom. The molecule has 0 atom stereocenters. The van der Waals surface area contributed by atoms with E-state index in [2.05, 4.69) is 80.4 Å². The normalized spacial score (nSPS) is 14.3. The SMILES string of the molecule is CN(C)c1ccc(-c2nc3ccc(-c4nc5ccc(N6CCCCC6)cc5[nH]4)cc3[nH]2)cc1. The minimum absolute atomic E-state index is 0.878. The number of benzene rings is 3. The molecular weight excluding hydrogens is 408 g/mol. The first-order chi connectivity index (χ1) is 16.1. The zero-order valence-corrected chi connectivity index (χ0v) is 19.1. The van der Waals surface area contributed by atoms with Gasteiger partial charge in [0.2, 0.25) is 0 Å². The van der Waals surface area contributed by atoms with Crippen LogP contribution < -0.4 is 9.80 Å². The second kappa shape index (κ2) is 7.96. The van der Waals surface area contributed by atoms with Crippen LogP contribution in [0.1, 0.15) is 19.3 Å². The largest absolute Gasteiger partial charge is 0.378 e. The molecule has 1 aliphatic heterocycles. The van der Waals surface area contributed by atoms with Gasteiger partial charge in [0.15, 0.2) is 0 Å². The summed E-state index contributed by atoms with van der Waals surface area (Å²) in [5, 5.41) is 0. The van der Waals surface area contributed by atoms with Gasteiger partial charge in [-0.15, -0.1) is 0 Å². The lowest BCUT2D eigenvalue weighted by Crippen LogP contribution is -2.29. The molecule has 33 heavy (non-hydrogen) atoms. The Morgan fingerprint density at radius 3 is 2.00 bits per heavy atom. The van der Waals surface area contributed by atoms with Gasteiger partial charge in [-0.25, -0.2) is 9.97 Å². The monoisotopic (exact) mass is 436 g/mol. The van der Waals surface area contributed by atoms with Gasteiger partial charge in [0.1, 0.15) is 11.6 Å². The molecule has 0 unspecified atom stereocenters. The van der Waals surface area contributed by atoms with Crippen LogP contribution in [0, 0.1) is 0 Å². The zero-order valence-electron chi connectivity index (χ0n) is 19.1. The third-order valence-electron chi connectivity index (χ3n) is 6.60. The molecule has 1 saturated heterocycles. The van der Waals surface area contributed by atoms with Crippen LogP contribution in [0.5, 0.6) is 0 Å². The number of hydrogen-bond donors (Lipinski definition) is 2. The minimum atomic E-state index is 0.878. The summed E-state index contributed by atoms with van der Waals surface area (Å²) in [5.74, 6) is 1.76. The van der Waals surface area contributed by atoms with Gasteiger partial charge in [-0.2, -0.15) is 0 Å². The quantitative estimate of drug-likeness (QED) is 0.372. The maximum atomic E-state index is 4.85. The Kier molecular flexibility index (Phi) is 4.79. The Labute approximate surface area is 193 Å². The van der Waals surface area contributed by atoms with Crippen LogP contribution in [0.25, 0.3) is 44.8 Å². The van der Waals surface area contributed by atoms with E-state index in [-0.39, 0.29) is 0 Å². The first-order valence-electron chi connectivity index (χ1n) is 11.7. The number of H-pyrrole nitrogens is 2. The van der Waals surface area contributed by atoms with E-state index in [0.29, 0.717) is 0 Å². The van der Waals surface area contributed by atoms with E-state index in [1.165, 1.54) is 30.6 Å². The topological polar surface area (TPSA) is 63.8 Å². The standard InChI is InChI=1S/C27H28N6/c1-32(2)20-9-6-18(7-10-20)26-28-22-12-8-19(16-24(22)30-26)27-29-23-13-11-21(17-25(23)31-27)33-14-4-3-5-15-33/h6-13,16-17H,3-5,14-15H2,1-2H3,(H,28,30)(H,29,31). The summed E-state index contributed by atoms with van der Waals surface area (Å²) in [5.41, 5.74) is 8.62. The highest BCUT2D eigenvalue weighted by molar-refractivity contribution is 5.87. The summed E-state index contributed by atoms with van der Waals surface area (Å²) >= 11 is 0. The maximum Gasteiger partial charge on any atom is 0.138 e. The van der Waals surface area contributed by atoms with Crippen LogP contribution in [0.2, 0.25) is 0 Å². The number of aromatic amines is 2. The molecule has 2 aromatic heterocycles. The number of anilines is 2. The fourth-order valence-electron chi connectivity index (χ4n) is 4.69. The van der Waals surface area contributed by atoms with E-state index in [1.54, 1.807) is 0 Å². The Morgan fingerprint density at radius 1 is 0.697 bits per heavy atom. The van der Waals surface area contributed by atoms with Crippen molar-refractivity contribution in [3.63, 3.8) is 0 Å². The van der Waals surface area contributed by atoms with Gasteiger partial charge in [0.25, 0.3) is 0 Å². The summed E-state index contributed by atoms with van der Waals surface area (Å²) in [7, 11) is 4.09. The molecule has 0 aliphatic carbocycles. The second-order valence-corrected chi connectivity index (χ2v) is 9.09. The summed E-state index contributed by atoms with van der Waals surface area (Å²) in [6, 6.07) is 21.3. The van der Waals surface area contributed by atoms with Gasteiger partial charge in [0, 0.05) is 49.7 Å². The summed E-state index contributed by atoms with van der Waals surface area (Å²) in [4.78, 5) is 21.2. The predicted octanol–water partition coefficient (Wildman–Crippen LogP) is 5.83. The van der Waals surface area contributed by atoms with Gasteiger partial charge in [-0.3, -0.25) is 0 Å². The van der Waals surface area contributed by atoms with Crippen LogP contribution in [-0.4, -0.2) is 47.1 Å². The number of hydrogen-bond acceptors (Lipinski definition) is 4. The number of imidazole rings is 2. The van der Waals surface area contributed by atoms with Gasteiger partial charge in [0.05, 0.1) is 22.1 Å². The van der Waals surface area contributed by atoms with Crippen molar-refractivity contribution in [1.82, 2.24) is 19.9 Å². The van der Waals surface area contributed by atoms with Crippen molar-refractivity contribution < 1.29 is 0 Å². The first-order valence-corrected chi connectivity index (χ1v) is 11.7. The smallest absolute Gasteiger partial charge is 0.138 e. The van der Waals surface area contributed by atoms with Crippen molar-refractivity contribution in [3.05, 3.63) is 60.7 Å². The number of nitrogens with one attached hydrogen (secondary N) is 2. The highest BCUT2D eigenvalue weighted by Gasteiger charge is 2.14. The fourth-order valence-corrected chi connectivity index (χ4v) is 4.69. The molecule has 0 amide bonds. The molecule has 5 aromatic rings. The molecule has 6 nitrogen and oxygen atoms in total. The summed E-state index contributed by atoms with van der Waals surface area (Å²) < 4.78 is 0. The van der Waals surface area contributed by atoms with Crippen molar-refractivity contribution in [2.75, 3.05) is 37.0 Å². The molecule has 3 heterocycles. The van der Waals surface area contributed by atoms with Gasteiger partial charge >= 0.3 is 0 Å². The lowest BCUT2D eigenvalue weighted by molar-refractivity contribution is 0.578. The van der Waals surface area contributed by atoms with E-state index in [0.717, 1.165) is 57.9 Å². The molecule has 0 spiro atoms. The average molecular weight is 437 g/mol. The molecule has 6 heteroatoms. The van der Waals surface area contributed by atoms with E-state index in [9.17, 15) is 0 Å². The summed E-state index contributed by atoms with van der Waals surface area (Å²) in [6.45, 7) is 2.28. The molecule has 3 aromatic carbocycles. The third-order valence-corrected chi connectivity index (χ3v) is 6.60. The van der Waals surface area contributed by atoms with E-state index in [1.807, 2.05) is 14.1 Å². The zero-order chi connectivity index (χ0) is 22.4. The van der Waals surface area contributed by atoms with Gasteiger partial charge < -0.3 is 19.8 Å². The predicted molar refractivity (Wildman–Crippen MR) is 137 cm³/mol. The highest BCUT2D eigenvalue weighted by Crippen LogP contribution is 2.29. The summed E-state index contributed by atoms with van der Waals surface area (Å²) in [6.07, 6.45) is 3.89. The molecule has 0 radical (unpaired) electrons. The second-order valence-electron chi connectivity index (χ2n) is 9.09. The van der Waals surface area contributed by atoms with Crippen LogP contribution >= 0.6 is 0 Å². The molecule has 2 N–H and O–H groups in total. The highest BCUT2D eigenvalue weighted by atomic mass is 15.1. The molecule has 0 saturated carbocycles. The lowest BCUT2D eigenvalue weighted by atomic mass is 10.1. The van der Waals surface area contributed by atoms with Crippen LogP contribution in [0.15, 0.2) is 60.7 Å². The molecule has 166 valence electrons. The lowest BCUT2D eigenvalue weighted by Gasteiger charge is -2.28. The van der Waals surface area contributed by atoms with Crippen molar-refractivity contribution in [2.45, 2.75) is 19.3 Å². The van der Waals surface area contributed by atoms with Crippen molar-refractivity contribution in [1.29, 1.82) is 0 Å². The van der Waals surface area contributed by atoms with Crippen LogP contribution in [0.4, 0.5) is 11.4 Å². The van der Waals surface area contributed by atoms with Crippen LogP contribution in [0.3, 0.4) is 0 Å². The van der Waals surface area contributed by atoms with Gasteiger partial charge in [-0.05, 0) is 79.9 Å². The number of nitrogens with zero attached hydrogens (tertiary/aromatic N) is 4. The average Bonchev–Trinajstić information content (AvgIpc) is 3.48. The maximum absolute atomic E-state index is 4.85. The number of piperidine rings is 1. The Hall–Kier alpha value is -3.80. The van der Waals surface area contributed by atoms with Crippen molar-refractivity contribution in [2.24, 2.45) is 0 Å². The van der Waals surface area contributed by atoms with Gasteiger partial charge in [-0.1, -0.05) is 0 Å². The first kappa shape index (κ1) is 19.9. The Bertz CT molecular complexity index is 1420. The molecule has 6 rings (SSSR count). The minimum Gasteiger partial charge on any atom is -0.378 e. The molecule has 1 fully saturated rings. The fraction of sp³-hybridized carbons (Fsp3) is 0.259. The van der Waals surface area contributed by atoms with E-state index >= 15 is 0 Å². The number of aromatic nitrogens is 4. The third kappa shape index (κ3) is 3.71.